The van der Waals surface area contributed by atoms with Gasteiger partial charge in [-0.1, -0.05) is 18.2 Å². The van der Waals surface area contributed by atoms with Gasteiger partial charge in [0.1, 0.15) is 5.52 Å². The van der Waals surface area contributed by atoms with Gasteiger partial charge in [0, 0.05) is 19.0 Å². The number of oxazole rings is 1. The lowest BCUT2D eigenvalue weighted by Crippen LogP contribution is -2.20. The predicted molar refractivity (Wildman–Crippen MR) is 92.8 cm³/mol. The van der Waals surface area contributed by atoms with Crippen molar-refractivity contribution in [1.29, 1.82) is 0 Å². The maximum absolute atomic E-state index is 12.6. The molecule has 0 radical (unpaired) electrons. The predicted octanol–water partition coefficient (Wildman–Crippen LogP) is 5.14. The second kappa shape index (κ2) is 6.43. The summed E-state index contributed by atoms with van der Waals surface area (Å²) in [5.41, 5.74) is 3.09. The standard InChI is InChI=1S/C20H19F3N2O/c1-13-2-7-18-17(10-13)24-19(26-18)15-8-9-25(12-15)11-14-3-5-16(6-4-14)20(21,22)23/h2-7,10,15H,8-9,11-12H2,1H3/t15-/m0/s1. The molecule has 0 amide bonds. The number of rotatable bonds is 3. The fourth-order valence-corrected chi connectivity index (χ4v) is 3.47. The van der Waals surface area contributed by atoms with Crippen molar-refractivity contribution < 1.29 is 17.6 Å². The highest BCUT2D eigenvalue weighted by atomic mass is 19.4. The number of aryl methyl sites for hydroxylation is 1. The van der Waals surface area contributed by atoms with E-state index >= 15 is 0 Å². The lowest BCUT2D eigenvalue weighted by Gasteiger charge is -2.16. The summed E-state index contributed by atoms with van der Waals surface area (Å²) in [6.45, 7) is 4.33. The van der Waals surface area contributed by atoms with Crippen LogP contribution in [0.3, 0.4) is 0 Å². The zero-order valence-electron chi connectivity index (χ0n) is 14.4. The Morgan fingerprint density at radius 3 is 2.65 bits per heavy atom. The number of aromatic nitrogens is 1. The molecule has 3 aromatic rings. The Labute approximate surface area is 149 Å². The lowest BCUT2D eigenvalue weighted by molar-refractivity contribution is -0.137. The van der Waals surface area contributed by atoms with Gasteiger partial charge < -0.3 is 4.42 Å². The van der Waals surface area contributed by atoms with E-state index < -0.39 is 11.7 Å². The van der Waals surface area contributed by atoms with Crippen molar-refractivity contribution in [3.05, 3.63) is 65.0 Å². The van der Waals surface area contributed by atoms with Gasteiger partial charge in [-0.2, -0.15) is 13.2 Å². The number of halogens is 3. The normalized spacial score (nSPS) is 18.7. The number of nitrogens with zero attached hydrogens (tertiary/aromatic N) is 2. The van der Waals surface area contributed by atoms with Gasteiger partial charge in [-0.05, 0) is 55.3 Å². The van der Waals surface area contributed by atoms with Gasteiger partial charge in [0.25, 0.3) is 0 Å². The molecule has 0 N–H and O–H groups in total. The van der Waals surface area contributed by atoms with Crippen molar-refractivity contribution in [2.24, 2.45) is 0 Å². The largest absolute Gasteiger partial charge is 0.440 e. The smallest absolute Gasteiger partial charge is 0.416 e. The minimum Gasteiger partial charge on any atom is -0.440 e. The van der Waals surface area contributed by atoms with Gasteiger partial charge in [-0.25, -0.2) is 4.98 Å². The molecule has 2 heterocycles. The van der Waals surface area contributed by atoms with Crippen LogP contribution in [0.1, 0.15) is 34.9 Å². The molecule has 0 bridgehead atoms. The molecule has 1 aliphatic rings. The van der Waals surface area contributed by atoms with E-state index in [1.165, 1.54) is 0 Å². The van der Waals surface area contributed by atoms with Crippen LogP contribution in [0, 0.1) is 6.92 Å². The zero-order chi connectivity index (χ0) is 18.3. The molecule has 3 nitrogen and oxygen atoms in total. The van der Waals surface area contributed by atoms with Gasteiger partial charge in [-0.3, -0.25) is 4.90 Å². The van der Waals surface area contributed by atoms with Crippen molar-refractivity contribution in [3.63, 3.8) is 0 Å². The fraction of sp³-hybridized carbons (Fsp3) is 0.350. The van der Waals surface area contributed by atoms with E-state index in [4.69, 9.17) is 4.42 Å². The van der Waals surface area contributed by atoms with Crippen LogP contribution in [-0.4, -0.2) is 23.0 Å². The quantitative estimate of drug-likeness (QED) is 0.647. The summed E-state index contributed by atoms with van der Waals surface area (Å²) >= 11 is 0. The Morgan fingerprint density at radius 1 is 1.15 bits per heavy atom. The van der Waals surface area contributed by atoms with Crippen molar-refractivity contribution in [3.8, 4) is 0 Å². The summed E-state index contributed by atoms with van der Waals surface area (Å²) in [6, 6.07) is 11.4. The second-order valence-corrected chi connectivity index (χ2v) is 6.94. The minimum atomic E-state index is -4.29. The Morgan fingerprint density at radius 2 is 1.92 bits per heavy atom. The van der Waals surface area contributed by atoms with Gasteiger partial charge >= 0.3 is 6.18 Å². The van der Waals surface area contributed by atoms with Crippen molar-refractivity contribution >= 4 is 11.1 Å². The Balaban J connectivity index is 1.43. The Bertz CT molecular complexity index is 915. The topological polar surface area (TPSA) is 29.3 Å². The van der Waals surface area contributed by atoms with Gasteiger partial charge in [0.15, 0.2) is 11.5 Å². The van der Waals surface area contributed by atoms with Crippen molar-refractivity contribution in [2.45, 2.75) is 32.0 Å². The average molecular weight is 360 g/mol. The maximum atomic E-state index is 12.6. The minimum absolute atomic E-state index is 0.220. The van der Waals surface area contributed by atoms with Gasteiger partial charge in [0.2, 0.25) is 0 Å². The highest BCUT2D eigenvalue weighted by molar-refractivity contribution is 5.73. The second-order valence-electron chi connectivity index (χ2n) is 6.94. The molecule has 1 atom stereocenters. The van der Waals surface area contributed by atoms with E-state index in [9.17, 15) is 13.2 Å². The van der Waals surface area contributed by atoms with E-state index in [1.54, 1.807) is 12.1 Å². The highest BCUT2D eigenvalue weighted by Crippen LogP contribution is 2.32. The summed E-state index contributed by atoms with van der Waals surface area (Å²) in [7, 11) is 0. The maximum Gasteiger partial charge on any atom is 0.416 e. The van der Waals surface area contributed by atoms with Crippen LogP contribution in [0.4, 0.5) is 13.2 Å². The summed E-state index contributed by atoms with van der Waals surface area (Å²) in [6.07, 6.45) is -3.35. The van der Waals surface area contributed by atoms with E-state index in [2.05, 4.69) is 9.88 Å². The Hall–Kier alpha value is -2.34. The van der Waals surface area contributed by atoms with Crippen LogP contribution in [0.15, 0.2) is 46.9 Å². The number of alkyl halides is 3. The first-order valence-corrected chi connectivity index (χ1v) is 8.64. The van der Waals surface area contributed by atoms with Crippen LogP contribution in [0.25, 0.3) is 11.1 Å². The number of likely N-dealkylation sites (tertiary alicyclic amines) is 1. The molecule has 1 fully saturated rings. The molecular formula is C20H19F3N2O. The molecule has 1 aromatic heterocycles. The molecule has 2 aromatic carbocycles. The Kier molecular flexibility index (Phi) is 4.23. The molecule has 0 spiro atoms. The number of benzene rings is 2. The number of fused-ring (bicyclic) bond motifs is 1. The first-order chi connectivity index (χ1) is 12.4. The molecule has 6 heteroatoms. The fourth-order valence-electron chi connectivity index (χ4n) is 3.47. The summed E-state index contributed by atoms with van der Waals surface area (Å²) in [5.74, 6) is 0.970. The molecular weight excluding hydrogens is 341 g/mol. The average Bonchev–Trinajstić information content (AvgIpc) is 3.20. The number of hydrogen-bond donors (Lipinski definition) is 0. The van der Waals surface area contributed by atoms with Crippen LogP contribution >= 0.6 is 0 Å². The monoisotopic (exact) mass is 360 g/mol. The van der Waals surface area contributed by atoms with Crippen LogP contribution in [-0.2, 0) is 12.7 Å². The summed E-state index contributed by atoms with van der Waals surface area (Å²) in [5, 5.41) is 0. The third kappa shape index (κ3) is 3.46. The van der Waals surface area contributed by atoms with Gasteiger partial charge in [0.05, 0.1) is 5.56 Å². The van der Waals surface area contributed by atoms with Crippen molar-refractivity contribution in [1.82, 2.24) is 9.88 Å². The number of hydrogen-bond acceptors (Lipinski definition) is 3. The highest BCUT2D eigenvalue weighted by Gasteiger charge is 2.31. The third-order valence-corrected chi connectivity index (χ3v) is 4.87. The third-order valence-electron chi connectivity index (χ3n) is 4.87. The molecule has 1 aliphatic heterocycles. The SMILES string of the molecule is Cc1ccc2oc([C@H]3CCN(Cc4ccc(C(F)(F)F)cc4)C3)nc2c1. The molecule has 136 valence electrons. The first-order valence-electron chi connectivity index (χ1n) is 8.64. The molecule has 26 heavy (non-hydrogen) atoms. The lowest BCUT2D eigenvalue weighted by atomic mass is 10.1. The van der Waals surface area contributed by atoms with Crippen molar-refractivity contribution in [2.75, 3.05) is 13.1 Å². The summed E-state index contributed by atoms with van der Waals surface area (Å²) < 4.78 is 43.8. The molecule has 0 saturated carbocycles. The molecule has 0 unspecified atom stereocenters. The zero-order valence-corrected chi connectivity index (χ0v) is 14.4. The van der Waals surface area contributed by atoms with E-state index in [1.807, 2.05) is 25.1 Å². The molecule has 0 aliphatic carbocycles. The van der Waals surface area contributed by atoms with Gasteiger partial charge in [-0.15, -0.1) is 0 Å². The first kappa shape index (κ1) is 17.1. The van der Waals surface area contributed by atoms with Crippen LogP contribution < -0.4 is 0 Å². The van der Waals surface area contributed by atoms with E-state index in [-0.39, 0.29) is 5.92 Å². The van der Waals surface area contributed by atoms with Crippen LogP contribution in [0.5, 0.6) is 0 Å². The van der Waals surface area contributed by atoms with E-state index in [0.717, 1.165) is 59.8 Å². The van der Waals surface area contributed by atoms with Crippen LogP contribution in [0.2, 0.25) is 0 Å². The molecule has 1 saturated heterocycles. The summed E-state index contributed by atoms with van der Waals surface area (Å²) in [4.78, 5) is 6.85. The van der Waals surface area contributed by atoms with E-state index in [0.29, 0.717) is 6.54 Å². The molecule has 4 rings (SSSR count).